The smallest absolute Gasteiger partial charge is 0.391 e. The van der Waals surface area contributed by atoms with Crippen molar-refractivity contribution in [2.75, 3.05) is 11.1 Å². The molecular formula is C14H9F6N3O2. The van der Waals surface area contributed by atoms with Gasteiger partial charge in [-0.15, -0.1) is 0 Å². The Morgan fingerprint density at radius 3 is 2.28 bits per heavy atom. The molecular weight excluding hydrogens is 356 g/mol. The fraction of sp³-hybridized carbons (Fsp3) is 0.143. The number of hydrogen-bond donors (Lipinski definition) is 2. The Balaban J connectivity index is 2.27. The quantitative estimate of drug-likeness (QED) is 0.368. The van der Waals surface area contributed by atoms with Gasteiger partial charge in [0.2, 0.25) is 5.82 Å². The Morgan fingerprint density at radius 2 is 1.76 bits per heavy atom. The van der Waals surface area contributed by atoms with Gasteiger partial charge in [0.15, 0.2) is 11.5 Å². The van der Waals surface area contributed by atoms with Crippen LogP contribution >= 0.6 is 0 Å². The molecule has 2 rings (SSSR count). The van der Waals surface area contributed by atoms with Crippen molar-refractivity contribution in [2.45, 2.75) is 12.7 Å². The maximum absolute atomic E-state index is 13.9. The summed E-state index contributed by atoms with van der Waals surface area (Å²) in [4.78, 5) is 9.40. The van der Waals surface area contributed by atoms with Crippen molar-refractivity contribution in [3.8, 4) is 0 Å². The Labute approximate surface area is 136 Å². The molecule has 0 aliphatic carbocycles. The van der Waals surface area contributed by atoms with Crippen molar-refractivity contribution < 1.29 is 31.3 Å². The molecule has 3 N–H and O–H groups in total. The van der Waals surface area contributed by atoms with Gasteiger partial charge in [0, 0.05) is 18.2 Å². The van der Waals surface area contributed by atoms with E-state index in [2.05, 4.69) is 5.32 Å². The summed E-state index contributed by atoms with van der Waals surface area (Å²) in [5.41, 5.74) is 0.794. The molecule has 25 heavy (non-hydrogen) atoms. The van der Waals surface area contributed by atoms with Gasteiger partial charge in [0.1, 0.15) is 5.82 Å². The van der Waals surface area contributed by atoms with E-state index in [9.17, 15) is 36.5 Å². The van der Waals surface area contributed by atoms with Crippen LogP contribution in [-0.4, -0.2) is 4.92 Å². The van der Waals surface area contributed by atoms with Crippen LogP contribution in [0.1, 0.15) is 11.1 Å². The van der Waals surface area contributed by atoms with Gasteiger partial charge in [-0.2, -0.15) is 17.6 Å². The molecule has 0 saturated carbocycles. The van der Waals surface area contributed by atoms with Gasteiger partial charge in [-0.05, 0) is 12.1 Å². The number of anilines is 2. The lowest BCUT2D eigenvalue weighted by Gasteiger charge is -2.12. The number of nitro benzene ring substituents is 1. The summed E-state index contributed by atoms with van der Waals surface area (Å²) in [6.07, 6.45) is -4.73. The predicted molar refractivity (Wildman–Crippen MR) is 76.2 cm³/mol. The fourth-order valence-corrected chi connectivity index (χ4v) is 2.01. The molecule has 5 nitrogen and oxygen atoms in total. The van der Waals surface area contributed by atoms with Gasteiger partial charge in [0.05, 0.1) is 16.2 Å². The average Bonchev–Trinajstić information content (AvgIpc) is 2.49. The summed E-state index contributed by atoms with van der Waals surface area (Å²) in [6, 6.07) is 2.17. The molecule has 11 heteroatoms. The van der Waals surface area contributed by atoms with Gasteiger partial charge < -0.3 is 11.1 Å². The first-order valence-corrected chi connectivity index (χ1v) is 6.53. The summed E-state index contributed by atoms with van der Waals surface area (Å²) in [5, 5.41) is 12.8. The maximum Gasteiger partial charge on any atom is 0.416 e. The Bertz CT molecular complexity index is 838. The van der Waals surface area contributed by atoms with E-state index >= 15 is 0 Å². The van der Waals surface area contributed by atoms with Crippen LogP contribution < -0.4 is 11.1 Å². The van der Waals surface area contributed by atoms with Gasteiger partial charge >= 0.3 is 11.9 Å². The second kappa shape index (κ2) is 6.49. The Morgan fingerprint density at radius 1 is 1.12 bits per heavy atom. The molecule has 0 aromatic heterocycles. The second-order valence-corrected chi connectivity index (χ2v) is 4.90. The number of nitro groups is 1. The SMILES string of the molecule is Nc1c(F)c(NCc2ccc(C(F)(F)F)cc2F)cc(F)c1[N+](=O)[O-]. The van der Waals surface area contributed by atoms with Crippen molar-refractivity contribution in [1.82, 2.24) is 0 Å². The molecule has 0 unspecified atom stereocenters. The van der Waals surface area contributed by atoms with Crippen LogP contribution in [0.5, 0.6) is 0 Å². The van der Waals surface area contributed by atoms with Crippen LogP contribution in [0.25, 0.3) is 0 Å². The second-order valence-electron chi connectivity index (χ2n) is 4.90. The third-order valence-electron chi connectivity index (χ3n) is 3.26. The zero-order chi connectivity index (χ0) is 18.9. The maximum atomic E-state index is 13.9. The molecule has 134 valence electrons. The molecule has 0 radical (unpaired) electrons. The summed E-state index contributed by atoms with van der Waals surface area (Å²) in [6.45, 7) is -0.502. The lowest BCUT2D eigenvalue weighted by molar-refractivity contribution is -0.386. The van der Waals surface area contributed by atoms with Crippen LogP contribution in [0.15, 0.2) is 24.3 Å². The molecule has 0 heterocycles. The Kier molecular flexibility index (Phi) is 4.77. The topological polar surface area (TPSA) is 81.2 Å². The van der Waals surface area contributed by atoms with E-state index in [0.717, 1.165) is 6.07 Å². The highest BCUT2D eigenvalue weighted by molar-refractivity contribution is 5.68. The number of benzene rings is 2. The standard InChI is InChI=1S/C14H9F6N3O2/c15-8-3-7(14(18,19)20)2-1-6(8)5-22-10-4-9(16)13(23(24)25)12(21)11(10)17/h1-4,22H,5,21H2. The van der Waals surface area contributed by atoms with Crippen molar-refractivity contribution in [1.29, 1.82) is 0 Å². The third-order valence-corrected chi connectivity index (χ3v) is 3.26. The van der Waals surface area contributed by atoms with E-state index in [1.165, 1.54) is 0 Å². The van der Waals surface area contributed by atoms with Crippen molar-refractivity contribution in [2.24, 2.45) is 0 Å². The normalized spacial score (nSPS) is 11.4. The van der Waals surface area contributed by atoms with Gasteiger partial charge in [-0.1, -0.05) is 6.07 Å². The first-order valence-electron chi connectivity index (χ1n) is 6.53. The fourth-order valence-electron chi connectivity index (χ4n) is 2.01. The monoisotopic (exact) mass is 365 g/mol. The Hall–Kier alpha value is -2.98. The van der Waals surface area contributed by atoms with Gasteiger partial charge in [-0.25, -0.2) is 8.78 Å². The molecule has 2 aromatic carbocycles. The lowest BCUT2D eigenvalue weighted by Crippen LogP contribution is -2.10. The largest absolute Gasteiger partial charge is 0.416 e. The zero-order valence-corrected chi connectivity index (χ0v) is 12.1. The van der Waals surface area contributed by atoms with E-state index in [-0.39, 0.29) is 11.6 Å². The van der Waals surface area contributed by atoms with E-state index < -0.39 is 57.7 Å². The molecule has 0 bridgehead atoms. The number of alkyl halides is 3. The zero-order valence-electron chi connectivity index (χ0n) is 12.1. The average molecular weight is 365 g/mol. The molecule has 0 fully saturated rings. The lowest BCUT2D eigenvalue weighted by atomic mass is 10.1. The number of hydrogen-bond acceptors (Lipinski definition) is 4. The molecule has 0 aliphatic heterocycles. The first kappa shape index (κ1) is 18.4. The van der Waals surface area contributed by atoms with Crippen LogP contribution in [0, 0.1) is 27.6 Å². The molecule has 0 amide bonds. The van der Waals surface area contributed by atoms with Gasteiger partial charge in [0.25, 0.3) is 0 Å². The van der Waals surface area contributed by atoms with Crippen LogP contribution in [0.4, 0.5) is 43.4 Å². The number of halogens is 6. The van der Waals surface area contributed by atoms with Crippen molar-refractivity contribution in [3.05, 3.63) is 63.0 Å². The molecule has 2 aromatic rings. The van der Waals surface area contributed by atoms with Crippen LogP contribution in [-0.2, 0) is 12.7 Å². The molecule has 0 atom stereocenters. The van der Waals surface area contributed by atoms with E-state index in [0.29, 0.717) is 12.1 Å². The summed E-state index contributed by atoms with van der Waals surface area (Å²) >= 11 is 0. The third kappa shape index (κ3) is 3.75. The van der Waals surface area contributed by atoms with Crippen LogP contribution in [0.3, 0.4) is 0 Å². The van der Waals surface area contributed by atoms with Crippen molar-refractivity contribution >= 4 is 17.1 Å². The van der Waals surface area contributed by atoms with E-state index in [1.807, 2.05) is 0 Å². The van der Waals surface area contributed by atoms with E-state index in [1.54, 1.807) is 0 Å². The van der Waals surface area contributed by atoms with Crippen LogP contribution in [0.2, 0.25) is 0 Å². The van der Waals surface area contributed by atoms with Crippen molar-refractivity contribution in [3.63, 3.8) is 0 Å². The minimum atomic E-state index is -4.73. The first-order chi connectivity index (χ1) is 11.5. The molecule has 0 aliphatic rings. The van der Waals surface area contributed by atoms with E-state index in [4.69, 9.17) is 5.73 Å². The highest BCUT2D eigenvalue weighted by atomic mass is 19.4. The number of nitrogens with zero attached hydrogens (tertiary/aromatic N) is 1. The number of nitrogens with two attached hydrogens (primary N) is 1. The number of nitrogens with one attached hydrogen (secondary N) is 1. The summed E-state index contributed by atoms with van der Waals surface area (Å²) < 4.78 is 78.6. The minimum absolute atomic E-state index is 0.260. The summed E-state index contributed by atoms with van der Waals surface area (Å²) in [7, 11) is 0. The number of rotatable bonds is 4. The highest BCUT2D eigenvalue weighted by Crippen LogP contribution is 2.33. The molecule has 0 spiro atoms. The highest BCUT2D eigenvalue weighted by Gasteiger charge is 2.31. The predicted octanol–water partition coefficient (Wildman–Crippen LogP) is 4.23. The summed E-state index contributed by atoms with van der Waals surface area (Å²) in [5.74, 6) is -3.96. The molecule has 0 saturated heterocycles. The minimum Gasteiger partial charge on any atom is -0.391 e. The number of nitrogen functional groups attached to an aromatic ring is 1. The van der Waals surface area contributed by atoms with Gasteiger partial charge in [-0.3, -0.25) is 10.1 Å².